The molecule has 0 radical (unpaired) electrons. The maximum atomic E-state index is 13.5. The van der Waals surface area contributed by atoms with Gasteiger partial charge in [-0.15, -0.1) is 0 Å². The second kappa shape index (κ2) is 9.44. The number of ketones is 1. The van der Waals surface area contributed by atoms with Crippen molar-refractivity contribution in [1.29, 1.82) is 0 Å². The van der Waals surface area contributed by atoms with E-state index < -0.39 is 17.5 Å². The Kier molecular flexibility index (Phi) is 6.43. The van der Waals surface area contributed by atoms with Gasteiger partial charge in [-0.25, -0.2) is 9.37 Å². The Bertz CT molecular complexity index is 1340. The van der Waals surface area contributed by atoms with Gasteiger partial charge in [0.25, 0.3) is 11.8 Å². The molecule has 0 aliphatic carbocycles. The number of amides is 2. The summed E-state index contributed by atoms with van der Waals surface area (Å²) in [5, 5.41) is 2.66. The summed E-state index contributed by atoms with van der Waals surface area (Å²) in [5.41, 5.74) is 1.93. The Balaban J connectivity index is 1.59. The minimum atomic E-state index is -0.603. The molecule has 0 saturated carbocycles. The Hall–Kier alpha value is -4.04. The fourth-order valence-electron chi connectivity index (χ4n) is 3.50. The van der Waals surface area contributed by atoms with Crippen LogP contribution in [0.2, 0.25) is 5.02 Å². The van der Waals surface area contributed by atoms with Gasteiger partial charge in [0.1, 0.15) is 5.82 Å². The molecule has 0 bridgehead atoms. The van der Waals surface area contributed by atoms with E-state index in [9.17, 15) is 18.8 Å². The molecule has 3 aromatic rings. The molecule has 0 unspecified atom stereocenters. The number of pyridine rings is 1. The van der Waals surface area contributed by atoms with Crippen molar-refractivity contribution in [2.45, 2.75) is 6.54 Å². The van der Waals surface area contributed by atoms with Crippen molar-refractivity contribution in [2.75, 3.05) is 19.1 Å². The number of benzene rings is 2. The Morgan fingerprint density at radius 2 is 1.97 bits per heavy atom. The van der Waals surface area contributed by atoms with E-state index in [1.807, 2.05) is 0 Å². The number of methoxy groups -OCH3 is 1. The summed E-state index contributed by atoms with van der Waals surface area (Å²) in [6.45, 7) is 0.232. The summed E-state index contributed by atoms with van der Waals surface area (Å²) in [4.78, 5) is 44.1. The van der Waals surface area contributed by atoms with E-state index in [1.54, 1.807) is 30.5 Å². The number of hydrogen-bond donors (Lipinski definition) is 1. The van der Waals surface area contributed by atoms with E-state index in [1.165, 1.54) is 43.3 Å². The molecular weight excluding hydrogens is 461 g/mol. The molecule has 0 fully saturated rings. The first-order chi connectivity index (χ1) is 16.3. The summed E-state index contributed by atoms with van der Waals surface area (Å²) < 4.78 is 18.5. The number of ether oxygens (including phenoxy) is 1. The van der Waals surface area contributed by atoms with Crippen molar-refractivity contribution in [1.82, 2.24) is 10.3 Å². The predicted molar refractivity (Wildman–Crippen MR) is 126 cm³/mol. The van der Waals surface area contributed by atoms with Gasteiger partial charge in [-0.3, -0.25) is 14.4 Å². The van der Waals surface area contributed by atoms with Crippen LogP contribution in [0.1, 0.15) is 31.8 Å². The molecule has 34 heavy (non-hydrogen) atoms. The third-order valence-corrected chi connectivity index (χ3v) is 5.65. The molecule has 0 atom stereocenters. The van der Waals surface area contributed by atoms with Crippen LogP contribution < -0.4 is 15.0 Å². The topological polar surface area (TPSA) is 88.6 Å². The van der Waals surface area contributed by atoms with Crippen LogP contribution in [0.4, 0.5) is 10.1 Å². The highest BCUT2D eigenvalue weighted by Gasteiger charge is 2.33. The molecule has 0 saturated heterocycles. The molecule has 2 amide bonds. The molecule has 2 heterocycles. The average Bonchev–Trinajstić information content (AvgIpc) is 2.85. The Morgan fingerprint density at radius 3 is 2.65 bits per heavy atom. The number of carbonyl (C=O) groups excluding carboxylic acids is 3. The number of carbonyl (C=O) groups is 3. The number of fused-ring (bicyclic) bond motifs is 1. The van der Waals surface area contributed by atoms with Gasteiger partial charge in [0, 0.05) is 37.0 Å². The molecule has 0 spiro atoms. The smallest absolute Gasteiger partial charge is 0.262 e. The molecular formula is C25H19ClFN3O4. The number of likely N-dealkylation sites (N-methyl/N-ethyl adjacent to an activating group) is 1. The molecule has 2 aromatic carbocycles. The third-order valence-electron chi connectivity index (χ3n) is 5.36. The number of Topliss-reactive ketones (excluding diaryl/α,β-unsaturated/α-hetero) is 1. The van der Waals surface area contributed by atoms with Crippen LogP contribution in [0.25, 0.3) is 6.08 Å². The van der Waals surface area contributed by atoms with E-state index >= 15 is 0 Å². The van der Waals surface area contributed by atoms with Crippen molar-refractivity contribution in [3.05, 3.63) is 93.4 Å². The molecule has 7 nitrogen and oxygen atoms in total. The Morgan fingerprint density at radius 1 is 1.18 bits per heavy atom. The lowest BCUT2D eigenvalue weighted by atomic mass is 9.92. The van der Waals surface area contributed by atoms with Gasteiger partial charge in [0.2, 0.25) is 11.7 Å². The van der Waals surface area contributed by atoms with E-state index in [-0.39, 0.29) is 34.2 Å². The quantitative estimate of drug-likeness (QED) is 0.440. The van der Waals surface area contributed by atoms with Crippen LogP contribution in [0.5, 0.6) is 5.88 Å². The van der Waals surface area contributed by atoms with Gasteiger partial charge in [-0.1, -0.05) is 23.7 Å². The molecule has 172 valence electrons. The zero-order valence-corrected chi connectivity index (χ0v) is 19.0. The van der Waals surface area contributed by atoms with Crippen LogP contribution in [-0.2, 0) is 11.3 Å². The zero-order valence-electron chi connectivity index (χ0n) is 18.3. The highest BCUT2D eigenvalue weighted by Crippen LogP contribution is 2.31. The minimum absolute atomic E-state index is 0.112. The van der Waals surface area contributed by atoms with Crippen molar-refractivity contribution < 1.29 is 23.5 Å². The number of nitrogens with zero attached hydrogens (tertiary/aromatic N) is 2. The summed E-state index contributed by atoms with van der Waals surface area (Å²) in [7, 11) is 3.05. The van der Waals surface area contributed by atoms with Gasteiger partial charge >= 0.3 is 0 Å². The molecule has 1 aliphatic heterocycles. The fourth-order valence-corrected chi connectivity index (χ4v) is 3.69. The minimum Gasteiger partial charge on any atom is -0.481 e. The normalized spacial score (nSPS) is 14.2. The van der Waals surface area contributed by atoms with Crippen LogP contribution in [-0.4, -0.2) is 36.7 Å². The van der Waals surface area contributed by atoms with Crippen LogP contribution in [0.3, 0.4) is 0 Å². The van der Waals surface area contributed by atoms with Crippen molar-refractivity contribution in [2.24, 2.45) is 0 Å². The van der Waals surface area contributed by atoms with Gasteiger partial charge in [-0.2, -0.15) is 0 Å². The van der Waals surface area contributed by atoms with E-state index in [2.05, 4.69) is 10.3 Å². The average molecular weight is 480 g/mol. The first-order valence-corrected chi connectivity index (χ1v) is 10.6. The highest BCUT2D eigenvalue weighted by molar-refractivity contribution is 6.37. The number of halogens is 2. The van der Waals surface area contributed by atoms with Crippen molar-refractivity contribution in [3.8, 4) is 5.88 Å². The second-order valence-electron chi connectivity index (χ2n) is 7.55. The fraction of sp³-hybridized carbons (Fsp3) is 0.120. The van der Waals surface area contributed by atoms with Gasteiger partial charge in [0.05, 0.1) is 23.4 Å². The molecule has 9 heteroatoms. The van der Waals surface area contributed by atoms with Crippen LogP contribution >= 0.6 is 11.6 Å². The monoisotopic (exact) mass is 479 g/mol. The standard InChI is InChI=1S/C25H19ClFN3O4/c1-30-21-7-5-16(24(32)29-13-15-4-8-22(34-2)28-12-15)11-17(21)23(31)18(25(30)33)9-14-3-6-20(27)19(26)10-14/h3-12H,13H2,1-2H3,(H,29,32)/b18-9-. The highest BCUT2D eigenvalue weighted by atomic mass is 35.5. The lowest BCUT2D eigenvalue weighted by molar-refractivity contribution is -0.114. The molecule has 1 N–H and O–H groups in total. The molecule has 1 aromatic heterocycles. The summed E-state index contributed by atoms with van der Waals surface area (Å²) >= 11 is 5.82. The maximum Gasteiger partial charge on any atom is 0.262 e. The van der Waals surface area contributed by atoms with E-state index in [0.717, 1.165) is 11.6 Å². The zero-order chi connectivity index (χ0) is 24.4. The SMILES string of the molecule is COc1ccc(CNC(=O)c2ccc3c(c2)C(=O)/C(=C/c2ccc(F)c(Cl)c2)C(=O)N3C)cn1. The second-order valence-corrected chi connectivity index (χ2v) is 7.96. The maximum absolute atomic E-state index is 13.5. The Labute approximate surface area is 199 Å². The predicted octanol–water partition coefficient (Wildman–Crippen LogP) is 4.06. The van der Waals surface area contributed by atoms with Gasteiger partial charge in [-0.05, 0) is 47.5 Å². The lowest BCUT2D eigenvalue weighted by Crippen LogP contribution is -2.37. The van der Waals surface area contributed by atoms with E-state index in [4.69, 9.17) is 16.3 Å². The molecule has 1 aliphatic rings. The molecule has 4 rings (SSSR count). The number of aromatic nitrogens is 1. The largest absolute Gasteiger partial charge is 0.481 e. The van der Waals surface area contributed by atoms with Gasteiger partial charge < -0.3 is 15.0 Å². The van der Waals surface area contributed by atoms with E-state index in [0.29, 0.717) is 17.1 Å². The summed E-state index contributed by atoms with van der Waals surface area (Å²) in [6, 6.07) is 11.9. The number of hydrogen-bond acceptors (Lipinski definition) is 5. The number of anilines is 1. The van der Waals surface area contributed by atoms with Crippen LogP contribution in [0.15, 0.2) is 60.3 Å². The lowest BCUT2D eigenvalue weighted by Gasteiger charge is -2.27. The van der Waals surface area contributed by atoms with Crippen LogP contribution in [0, 0.1) is 5.82 Å². The number of nitrogens with one attached hydrogen (secondary N) is 1. The van der Waals surface area contributed by atoms with Crippen molar-refractivity contribution in [3.63, 3.8) is 0 Å². The van der Waals surface area contributed by atoms with Crippen molar-refractivity contribution >= 4 is 41.0 Å². The summed E-state index contributed by atoms with van der Waals surface area (Å²) in [6.07, 6.45) is 2.95. The van der Waals surface area contributed by atoms with Gasteiger partial charge in [0.15, 0.2) is 0 Å². The summed E-state index contributed by atoms with van der Waals surface area (Å²) in [5.74, 6) is -1.57. The third kappa shape index (κ3) is 4.53. The first-order valence-electron chi connectivity index (χ1n) is 10.2. The first kappa shape index (κ1) is 23.1. The number of rotatable bonds is 5.